The molecule has 5 rings (SSSR count). The molecule has 1 aliphatic heterocycles. The van der Waals surface area contributed by atoms with Gasteiger partial charge < -0.3 is 4.74 Å². The minimum Gasteiger partial charge on any atom is -0.488 e. The van der Waals surface area contributed by atoms with Crippen LogP contribution in [-0.2, 0) is 16.2 Å². The molecule has 1 heterocycles. The minimum atomic E-state index is -0.833. The van der Waals surface area contributed by atoms with Crippen molar-refractivity contribution in [2.24, 2.45) is 0 Å². The van der Waals surface area contributed by atoms with Crippen LogP contribution in [0.25, 0.3) is 16.8 Å². The van der Waals surface area contributed by atoms with Gasteiger partial charge in [0.25, 0.3) is 11.8 Å². The van der Waals surface area contributed by atoms with E-state index in [1.54, 1.807) is 36.4 Å². The molecule has 0 aliphatic carbocycles. The summed E-state index contributed by atoms with van der Waals surface area (Å²) in [6.45, 7) is 2.34. The van der Waals surface area contributed by atoms with Crippen LogP contribution in [0.3, 0.4) is 0 Å². The number of hydrogen-bond donors (Lipinski definition) is 1. The van der Waals surface area contributed by atoms with Crippen molar-refractivity contribution in [2.45, 2.75) is 13.5 Å². The van der Waals surface area contributed by atoms with Gasteiger partial charge in [0, 0.05) is 16.1 Å². The van der Waals surface area contributed by atoms with Gasteiger partial charge in [-0.2, -0.15) is 0 Å². The topological polar surface area (TPSA) is 75.7 Å². The highest BCUT2D eigenvalue weighted by atomic mass is 35.5. The zero-order valence-corrected chi connectivity index (χ0v) is 20.1. The lowest BCUT2D eigenvalue weighted by Gasteiger charge is -2.26. The van der Waals surface area contributed by atoms with Crippen LogP contribution < -0.4 is 15.0 Å². The van der Waals surface area contributed by atoms with E-state index in [4.69, 9.17) is 16.3 Å². The minimum absolute atomic E-state index is 0.188. The molecule has 178 valence electrons. The van der Waals surface area contributed by atoms with E-state index in [1.165, 1.54) is 12.1 Å². The number of rotatable bonds is 5. The monoisotopic (exact) mass is 496 g/mol. The first-order valence-electron chi connectivity index (χ1n) is 11.3. The lowest BCUT2D eigenvalue weighted by Crippen LogP contribution is -2.54. The Morgan fingerprint density at radius 2 is 1.69 bits per heavy atom. The van der Waals surface area contributed by atoms with Crippen molar-refractivity contribution < 1.29 is 19.1 Å². The van der Waals surface area contributed by atoms with E-state index < -0.39 is 17.8 Å². The van der Waals surface area contributed by atoms with Gasteiger partial charge >= 0.3 is 6.03 Å². The molecule has 1 fully saturated rings. The molecule has 0 radical (unpaired) electrons. The predicted molar refractivity (Wildman–Crippen MR) is 140 cm³/mol. The first kappa shape index (κ1) is 23.3. The highest BCUT2D eigenvalue weighted by Crippen LogP contribution is 2.29. The van der Waals surface area contributed by atoms with Crippen molar-refractivity contribution >= 4 is 52.0 Å². The van der Waals surface area contributed by atoms with Crippen LogP contribution in [0.5, 0.6) is 5.75 Å². The molecule has 0 spiro atoms. The number of halogens is 1. The number of barbiturate groups is 1. The molecule has 4 amide bonds. The number of carbonyl (C=O) groups is 3. The molecule has 6 nitrogen and oxygen atoms in total. The Bertz CT molecular complexity index is 1560. The average molecular weight is 497 g/mol. The maximum atomic E-state index is 13.2. The summed E-state index contributed by atoms with van der Waals surface area (Å²) in [4.78, 5) is 39.2. The van der Waals surface area contributed by atoms with E-state index in [2.05, 4.69) is 29.6 Å². The molecule has 0 aromatic heterocycles. The number of carbonyl (C=O) groups excluding carboxylic acids is 3. The summed E-state index contributed by atoms with van der Waals surface area (Å²) in [5.41, 5.74) is 2.77. The van der Waals surface area contributed by atoms with Crippen molar-refractivity contribution in [1.29, 1.82) is 0 Å². The molecular weight excluding hydrogens is 476 g/mol. The number of ether oxygens (including phenoxy) is 1. The fourth-order valence-corrected chi connectivity index (χ4v) is 4.36. The van der Waals surface area contributed by atoms with Gasteiger partial charge in [-0.15, -0.1) is 0 Å². The second-order valence-corrected chi connectivity index (χ2v) is 8.78. The zero-order chi connectivity index (χ0) is 25.2. The number of hydrogen-bond acceptors (Lipinski definition) is 4. The van der Waals surface area contributed by atoms with E-state index >= 15 is 0 Å². The first-order valence-corrected chi connectivity index (χ1v) is 11.7. The predicted octanol–water partition coefficient (Wildman–Crippen LogP) is 6.05. The third-order valence-electron chi connectivity index (χ3n) is 6.03. The summed E-state index contributed by atoms with van der Waals surface area (Å²) in [5.74, 6) is -1.02. The van der Waals surface area contributed by atoms with Gasteiger partial charge in [0.05, 0.1) is 5.69 Å². The molecule has 1 N–H and O–H groups in total. The van der Waals surface area contributed by atoms with Crippen LogP contribution in [0.2, 0.25) is 5.02 Å². The Hall–Kier alpha value is -4.42. The first-order chi connectivity index (χ1) is 17.4. The summed E-state index contributed by atoms with van der Waals surface area (Å²) >= 11 is 6.04. The third kappa shape index (κ3) is 4.46. The van der Waals surface area contributed by atoms with Gasteiger partial charge in [-0.1, -0.05) is 72.3 Å². The molecule has 0 atom stereocenters. The number of urea groups is 1. The quantitative estimate of drug-likeness (QED) is 0.270. The fourth-order valence-electron chi connectivity index (χ4n) is 4.18. The van der Waals surface area contributed by atoms with Crippen LogP contribution in [0, 0.1) is 6.92 Å². The summed E-state index contributed by atoms with van der Waals surface area (Å²) < 4.78 is 6.19. The highest BCUT2D eigenvalue weighted by molar-refractivity contribution is 6.39. The largest absolute Gasteiger partial charge is 0.488 e. The van der Waals surface area contributed by atoms with Crippen molar-refractivity contribution in [3.63, 3.8) is 0 Å². The number of anilines is 1. The van der Waals surface area contributed by atoms with Crippen molar-refractivity contribution in [3.05, 3.63) is 112 Å². The van der Waals surface area contributed by atoms with Gasteiger partial charge in [0.15, 0.2) is 0 Å². The molecule has 4 aromatic rings. The van der Waals surface area contributed by atoms with Gasteiger partial charge in [-0.25, -0.2) is 9.69 Å². The molecule has 0 saturated carbocycles. The van der Waals surface area contributed by atoms with E-state index in [0.717, 1.165) is 26.8 Å². The Morgan fingerprint density at radius 1 is 0.917 bits per heavy atom. The molecule has 7 heteroatoms. The van der Waals surface area contributed by atoms with Crippen molar-refractivity contribution in [1.82, 2.24) is 5.32 Å². The number of para-hydroxylation sites is 1. The maximum absolute atomic E-state index is 13.2. The summed E-state index contributed by atoms with van der Waals surface area (Å²) in [6.07, 6.45) is 1.44. The lowest BCUT2D eigenvalue weighted by atomic mass is 10.0. The Kier molecular flexibility index (Phi) is 6.27. The molecular formula is C29H21ClN2O4. The third-order valence-corrected chi connectivity index (χ3v) is 6.27. The Balaban J connectivity index is 1.47. The van der Waals surface area contributed by atoms with Gasteiger partial charge in [-0.3, -0.25) is 14.9 Å². The van der Waals surface area contributed by atoms with Crippen LogP contribution in [0.15, 0.2) is 90.5 Å². The second kappa shape index (κ2) is 9.68. The number of amides is 4. The normalized spacial score (nSPS) is 14.9. The SMILES string of the molecule is Cc1ccc2ccccc2c1COc1ccccc1/C=C1\C(=O)NC(=O)N(c2cccc(Cl)c2)C1=O. The average Bonchev–Trinajstić information content (AvgIpc) is 2.86. The van der Waals surface area contributed by atoms with Crippen LogP contribution in [0.4, 0.5) is 10.5 Å². The van der Waals surface area contributed by atoms with Crippen LogP contribution >= 0.6 is 11.6 Å². The van der Waals surface area contributed by atoms with Crippen molar-refractivity contribution in [3.8, 4) is 5.75 Å². The number of nitrogens with one attached hydrogen (secondary N) is 1. The Labute approximate surface area is 212 Å². The van der Waals surface area contributed by atoms with Gasteiger partial charge in [0.2, 0.25) is 0 Å². The summed E-state index contributed by atoms with van der Waals surface area (Å²) in [6, 6.07) is 24.8. The number of nitrogens with zero attached hydrogens (tertiary/aromatic N) is 1. The van der Waals surface area contributed by atoms with Crippen molar-refractivity contribution in [2.75, 3.05) is 4.90 Å². The van der Waals surface area contributed by atoms with E-state index in [1.807, 2.05) is 25.1 Å². The van der Waals surface area contributed by atoms with Gasteiger partial charge in [0.1, 0.15) is 17.9 Å². The molecule has 1 aliphatic rings. The molecule has 0 bridgehead atoms. The molecule has 0 unspecified atom stereocenters. The number of benzene rings is 4. The summed E-state index contributed by atoms with van der Waals surface area (Å²) in [5, 5.41) is 4.81. The van der Waals surface area contributed by atoms with Gasteiger partial charge in [-0.05, 0) is 53.6 Å². The van der Waals surface area contributed by atoms with Crippen LogP contribution in [0.1, 0.15) is 16.7 Å². The van der Waals surface area contributed by atoms with E-state index in [9.17, 15) is 14.4 Å². The molecule has 4 aromatic carbocycles. The smallest absolute Gasteiger partial charge is 0.335 e. The molecule has 1 saturated heterocycles. The van der Waals surface area contributed by atoms with E-state index in [0.29, 0.717) is 22.9 Å². The number of aryl methyl sites for hydroxylation is 1. The number of fused-ring (bicyclic) bond motifs is 1. The fraction of sp³-hybridized carbons (Fsp3) is 0.0690. The maximum Gasteiger partial charge on any atom is 0.335 e. The molecule has 36 heavy (non-hydrogen) atoms. The van der Waals surface area contributed by atoms with E-state index in [-0.39, 0.29) is 11.3 Å². The second-order valence-electron chi connectivity index (χ2n) is 8.35. The highest BCUT2D eigenvalue weighted by Gasteiger charge is 2.37. The number of imide groups is 2. The van der Waals surface area contributed by atoms with Crippen LogP contribution in [-0.4, -0.2) is 17.8 Å². The zero-order valence-electron chi connectivity index (χ0n) is 19.3. The summed E-state index contributed by atoms with van der Waals surface area (Å²) in [7, 11) is 0. The lowest BCUT2D eigenvalue weighted by molar-refractivity contribution is -0.122. The standard InChI is InChI=1S/C29H21ClN2O4/c1-18-13-14-19-7-2-4-11-23(19)25(18)17-36-26-12-5-3-8-20(26)15-24-27(33)31-29(35)32(28(24)34)22-10-6-9-21(30)16-22/h2-16H,17H2,1H3,(H,31,33,35)/b24-15+. The Morgan fingerprint density at radius 3 is 2.53 bits per heavy atom.